The summed E-state index contributed by atoms with van der Waals surface area (Å²) in [6.45, 7) is 6.59. The highest BCUT2D eigenvalue weighted by atomic mass is 16.1. The summed E-state index contributed by atoms with van der Waals surface area (Å²) in [4.78, 5) is 13.1. The summed E-state index contributed by atoms with van der Waals surface area (Å²) in [5.41, 5.74) is 2.61. The van der Waals surface area contributed by atoms with Crippen LogP contribution >= 0.6 is 0 Å². The lowest BCUT2D eigenvalue weighted by Gasteiger charge is -2.15. The first-order chi connectivity index (χ1) is 8.61. The lowest BCUT2D eigenvalue weighted by Crippen LogP contribution is -2.22. The van der Waals surface area contributed by atoms with E-state index in [2.05, 4.69) is 48.5 Å². The molecule has 0 heterocycles. The SMILES string of the molecule is CCCN(C)Cc1ccc(CCNC(C)=O)cc1. The zero-order valence-electron chi connectivity index (χ0n) is 11.7. The predicted octanol–water partition coefficient (Wildman–Crippen LogP) is 2.21. The molecular formula is C15H24N2O. The summed E-state index contributed by atoms with van der Waals surface area (Å²) in [7, 11) is 2.15. The summed E-state index contributed by atoms with van der Waals surface area (Å²) < 4.78 is 0. The second-order valence-corrected chi connectivity index (χ2v) is 4.79. The fourth-order valence-corrected chi connectivity index (χ4v) is 1.97. The Morgan fingerprint density at radius 3 is 2.39 bits per heavy atom. The van der Waals surface area contributed by atoms with Crippen LogP contribution in [0.5, 0.6) is 0 Å². The van der Waals surface area contributed by atoms with Gasteiger partial charge in [-0.15, -0.1) is 0 Å². The van der Waals surface area contributed by atoms with Crippen LogP contribution in [-0.2, 0) is 17.8 Å². The molecule has 0 aromatic heterocycles. The maximum absolute atomic E-state index is 10.8. The van der Waals surface area contributed by atoms with Gasteiger partial charge >= 0.3 is 0 Å². The average Bonchev–Trinajstić information content (AvgIpc) is 2.31. The molecule has 1 aromatic carbocycles. The second kappa shape index (κ2) is 7.88. The first kappa shape index (κ1) is 14.7. The molecule has 1 N–H and O–H groups in total. The second-order valence-electron chi connectivity index (χ2n) is 4.79. The van der Waals surface area contributed by atoms with Crippen LogP contribution in [-0.4, -0.2) is 30.9 Å². The number of rotatable bonds is 7. The van der Waals surface area contributed by atoms with Crippen molar-refractivity contribution in [3.63, 3.8) is 0 Å². The number of hydrogen-bond donors (Lipinski definition) is 1. The van der Waals surface area contributed by atoms with Crippen molar-refractivity contribution >= 4 is 5.91 Å². The Hall–Kier alpha value is -1.35. The van der Waals surface area contributed by atoms with E-state index in [4.69, 9.17) is 0 Å². The van der Waals surface area contributed by atoms with E-state index in [1.54, 1.807) is 6.92 Å². The Kier molecular flexibility index (Phi) is 6.44. The average molecular weight is 248 g/mol. The van der Waals surface area contributed by atoms with Crippen molar-refractivity contribution in [2.75, 3.05) is 20.1 Å². The largest absolute Gasteiger partial charge is 0.356 e. The normalized spacial score (nSPS) is 10.7. The van der Waals surface area contributed by atoms with Gasteiger partial charge in [0.2, 0.25) is 5.91 Å². The van der Waals surface area contributed by atoms with Crippen LogP contribution in [0.3, 0.4) is 0 Å². The summed E-state index contributed by atoms with van der Waals surface area (Å²) >= 11 is 0. The van der Waals surface area contributed by atoms with E-state index in [1.807, 2.05) is 0 Å². The van der Waals surface area contributed by atoms with Gasteiger partial charge in [0.05, 0.1) is 0 Å². The van der Waals surface area contributed by atoms with E-state index in [9.17, 15) is 4.79 Å². The number of hydrogen-bond acceptors (Lipinski definition) is 2. The summed E-state index contributed by atoms with van der Waals surface area (Å²) in [6.07, 6.45) is 2.08. The van der Waals surface area contributed by atoms with Crippen molar-refractivity contribution in [3.8, 4) is 0 Å². The van der Waals surface area contributed by atoms with E-state index in [0.717, 1.165) is 19.5 Å². The quantitative estimate of drug-likeness (QED) is 0.802. The maximum Gasteiger partial charge on any atom is 0.216 e. The minimum atomic E-state index is 0.0350. The molecule has 18 heavy (non-hydrogen) atoms. The molecule has 1 rings (SSSR count). The van der Waals surface area contributed by atoms with E-state index >= 15 is 0 Å². The Balaban J connectivity index is 2.39. The van der Waals surface area contributed by atoms with Crippen molar-refractivity contribution in [3.05, 3.63) is 35.4 Å². The molecule has 0 bridgehead atoms. The Bertz CT molecular complexity index is 359. The van der Waals surface area contributed by atoms with Gasteiger partial charge in [-0.2, -0.15) is 0 Å². The van der Waals surface area contributed by atoms with E-state index < -0.39 is 0 Å². The Morgan fingerprint density at radius 2 is 1.83 bits per heavy atom. The topological polar surface area (TPSA) is 32.3 Å². The highest BCUT2D eigenvalue weighted by molar-refractivity contribution is 5.72. The molecule has 3 heteroatoms. The van der Waals surface area contributed by atoms with Gasteiger partial charge in [0.15, 0.2) is 0 Å². The van der Waals surface area contributed by atoms with Crippen molar-refractivity contribution in [1.29, 1.82) is 0 Å². The molecule has 0 atom stereocenters. The van der Waals surface area contributed by atoms with Crippen LogP contribution in [0.4, 0.5) is 0 Å². The summed E-state index contributed by atoms with van der Waals surface area (Å²) in [5.74, 6) is 0.0350. The minimum absolute atomic E-state index is 0.0350. The number of benzene rings is 1. The van der Waals surface area contributed by atoms with Crippen LogP contribution in [0.15, 0.2) is 24.3 Å². The fourth-order valence-electron chi connectivity index (χ4n) is 1.97. The summed E-state index contributed by atoms with van der Waals surface area (Å²) in [5, 5.41) is 2.81. The number of carbonyl (C=O) groups excluding carboxylic acids is 1. The Morgan fingerprint density at radius 1 is 1.22 bits per heavy atom. The monoisotopic (exact) mass is 248 g/mol. The molecule has 1 amide bonds. The molecule has 3 nitrogen and oxygen atoms in total. The van der Waals surface area contributed by atoms with Gasteiger partial charge in [-0.25, -0.2) is 0 Å². The number of nitrogens with one attached hydrogen (secondary N) is 1. The standard InChI is InChI=1S/C15H24N2O/c1-4-11-17(3)12-15-7-5-14(6-8-15)9-10-16-13(2)18/h5-8H,4,9-12H2,1-3H3,(H,16,18). The van der Waals surface area contributed by atoms with Crippen molar-refractivity contribution in [2.45, 2.75) is 33.2 Å². The number of amides is 1. The highest BCUT2D eigenvalue weighted by Crippen LogP contribution is 2.07. The van der Waals surface area contributed by atoms with Gasteiger partial charge in [-0.05, 0) is 37.6 Å². The van der Waals surface area contributed by atoms with Gasteiger partial charge in [0, 0.05) is 20.0 Å². The van der Waals surface area contributed by atoms with Gasteiger partial charge in [-0.1, -0.05) is 31.2 Å². The van der Waals surface area contributed by atoms with Crippen molar-refractivity contribution in [1.82, 2.24) is 10.2 Å². The third kappa shape index (κ3) is 5.82. The maximum atomic E-state index is 10.8. The van der Waals surface area contributed by atoms with E-state index in [1.165, 1.54) is 17.5 Å². The van der Waals surface area contributed by atoms with Gasteiger partial charge in [-0.3, -0.25) is 4.79 Å². The first-order valence-corrected chi connectivity index (χ1v) is 6.62. The van der Waals surface area contributed by atoms with Crippen molar-refractivity contribution in [2.24, 2.45) is 0 Å². The molecule has 1 aromatic rings. The molecule has 0 aliphatic heterocycles. The molecular weight excluding hydrogens is 224 g/mol. The summed E-state index contributed by atoms with van der Waals surface area (Å²) in [6, 6.07) is 8.65. The fraction of sp³-hybridized carbons (Fsp3) is 0.533. The van der Waals surface area contributed by atoms with Crippen LogP contribution in [0, 0.1) is 0 Å². The van der Waals surface area contributed by atoms with E-state index in [0.29, 0.717) is 6.54 Å². The molecule has 0 saturated carbocycles. The minimum Gasteiger partial charge on any atom is -0.356 e. The van der Waals surface area contributed by atoms with Crippen LogP contribution < -0.4 is 5.32 Å². The lowest BCUT2D eigenvalue weighted by molar-refractivity contribution is -0.118. The lowest BCUT2D eigenvalue weighted by atomic mass is 10.1. The molecule has 0 saturated heterocycles. The Labute approximate surface area is 110 Å². The van der Waals surface area contributed by atoms with Gasteiger partial charge in [0.25, 0.3) is 0 Å². The van der Waals surface area contributed by atoms with Crippen LogP contribution in [0.2, 0.25) is 0 Å². The van der Waals surface area contributed by atoms with E-state index in [-0.39, 0.29) is 5.91 Å². The third-order valence-corrected chi connectivity index (χ3v) is 2.87. The zero-order chi connectivity index (χ0) is 13.4. The predicted molar refractivity (Wildman–Crippen MR) is 75.5 cm³/mol. The number of nitrogens with zero attached hydrogens (tertiary/aromatic N) is 1. The van der Waals surface area contributed by atoms with Gasteiger partial charge < -0.3 is 10.2 Å². The smallest absolute Gasteiger partial charge is 0.216 e. The molecule has 0 spiro atoms. The van der Waals surface area contributed by atoms with Gasteiger partial charge in [0.1, 0.15) is 0 Å². The molecule has 0 aliphatic rings. The molecule has 0 fully saturated rings. The zero-order valence-corrected chi connectivity index (χ0v) is 11.7. The molecule has 0 unspecified atom stereocenters. The first-order valence-electron chi connectivity index (χ1n) is 6.62. The third-order valence-electron chi connectivity index (χ3n) is 2.87. The van der Waals surface area contributed by atoms with Crippen LogP contribution in [0.25, 0.3) is 0 Å². The molecule has 100 valence electrons. The highest BCUT2D eigenvalue weighted by Gasteiger charge is 2.00. The molecule has 0 aliphatic carbocycles. The van der Waals surface area contributed by atoms with Crippen LogP contribution in [0.1, 0.15) is 31.4 Å². The van der Waals surface area contributed by atoms with Crippen molar-refractivity contribution < 1.29 is 4.79 Å². The molecule has 0 radical (unpaired) electrons. The number of carbonyl (C=O) groups is 1.